The van der Waals surface area contributed by atoms with Crippen LogP contribution in [0.1, 0.15) is 5.56 Å². The second-order valence-corrected chi connectivity index (χ2v) is 4.63. The molecule has 0 aromatic heterocycles. The minimum Gasteiger partial charge on any atom is -0.395 e. The van der Waals surface area contributed by atoms with Gasteiger partial charge in [0.2, 0.25) is 0 Å². The van der Waals surface area contributed by atoms with Gasteiger partial charge in [0.25, 0.3) is 5.69 Å². The van der Waals surface area contributed by atoms with Crippen LogP contribution in [-0.2, 0) is 6.54 Å². The fourth-order valence-electron chi connectivity index (χ4n) is 2.13. The molecule has 0 heterocycles. The van der Waals surface area contributed by atoms with E-state index < -0.39 is 4.92 Å². The van der Waals surface area contributed by atoms with Gasteiger partial charge in [-0.3, -0.25) is 10.1 Å². The fourth-order valence-corrected chi connectivity index (χ4v) is 2.13. The maximum Gasteiger partial charge on any atom is 0.292 e. The van der Waals surface area contributed by atoms with Crippen LogP contribution in [0.15, 0.2) is 48.5 Å². The van der Waals surface area contributed by atoms with E-state index in [4.69, 9.17) is 5.73 Å². The number of nitrogens with two attached hydrogens (primary N) is 1. The molecule has 0 fully saturated rings. The number of nitrogen functional groups attached to an aromatic ring is 1. The van der Waals surface area contributed by atoms with E-state index in [2.05, 4.69) is 0 Å². The summed E-state index contributed by atoms with van der Waals surface area (Å²) in [7, 11) is 0. The average Bonchev–Trinajstić information content (AvgIpc) is 2.47. The van der Waals surface area contributed by atoms with E-state index in [1.165, 1.54) is 6.07 Å². The molecule has 3 N–H and O–H groups in total. The molecule has 6 nitrogen and oxygen atoms in total. The van der Waals surface area contributed by atoms with E-state index in [-0.39, 0.29) is 18.0 Å². The molecule has 0 spiro atoms. The quantitative estimate of drug-likeness (QED) is 0.482. The molecule has 0 aliphatic heterocycles. The van der Waals surface area contributed by atoms with E-state index in [1.54, 1.807) is 12.1 Å². The molecule has 21 heavy (non-hydrogen) atoms. The zero-order chi connectivity index (χ0) is 15.2. The van der Waals surface area contributed by atoms with Crippen LogP contribution in [0.2, 0.25) is 0 Å². The Balaban J connectivity index is 2.26. The van der Waals surface area contributed by atoms with Crippen molar-refractivity contribution < 1.29 is 10.0 Å². The number of aliphatic hydroxyl groups is 1. The van der Waals surface area contributed by atoms with Crippen molar-refractivity contribution in [3.63, 3.8) is 0 Å². The van der Waals surface area contributed by atoms with Crippen LogP contribution in [0.25, 0.3) is 0 Å². The van der Waals surface area contributed by atoms with Crippen molar-refractivity contribution in [1.82, 2.24) is 0 Å². The number of hydrogen-bond acceptors (Lipinski definition) is 5. The lowest BCUT2D eigenvalue weighted by molar-refractivity contribution is -0.383. The Bertz CT molecular complexity index is 617. The highest BCUT2D eigenvalue weighted by atomic mass is 16.6. The van der Waals surface area contributed by atoms with Crippen LogP contribution in [0, 0.1) is 10.1 Å². The van der Waals surface area contributed by atoms with E-state index in [0.29, 0.717) is 13.1 Å². The maximum atomic E-state index is 10.8. The third-order valence-electron chi connectivity index (χ3n) is 3.16. The molecular weight excluding hydrogens is 270 g/mol. The molecule has 0 bridgehead atoms. The smallest absolute Gasteiger partial charge is 0.292 e. The number of hydrogen-bond donors (Lipinski definition) is 2. The monoisotopic (exact) mass is 287 g/mol. The van der Waals surface area contributed by atoms with Gasteiger partial charge in [0.1, 0.15) is 5.69 Å². The van der Waals surface area contributed by atoms with Crippen LogP contribution in [0.5, 0.6) is 0 Å². The first kappa shape index (κ1) is 14.8. The van der Waals surface area contributed by atoms with Gasteiger partial charge in [0, 0.05) is 24.8 Å². The van der Waals surface area contributed by atoms with E-state index in [0.717, 1.165) is 11.3 Å². The molecule has 0 amide bonds. The van der Waals surface area contributed by atoms with Crippen LogP contribution in [-0.4, -0.2) is 23.2 Å². The van der Waals surface area contributed by atoms with Crippen molar-refractivity contribution in [3.8, 4) is 0 Å². The largest absolute Gasteiger partial charge is 0.395 e. The summed E-state index contributed by atoms with van der Waals surface area (Å²) in [6.45, 7) is 1.01. The number of nitrogens with zero attached hydrogens (tertiary/aromatic N) is 2. The highest BCUT2D eigenvalue weighted by Crippen LogP contribution is 2.27. The lowest BCUT2D eigenvalue weighted by Crippen LogP contribution is -2.26. The van der Waals surface area contributed by atoms with Crippen molar-refractivity contribution in [2.24, 2.45) is 0 Å². The standard InChI is InChI=1S/C15H17N3O3/c16-14-10-13(6-7-15(14)18(20)21)17(8-9-19)11-12-4-2-1-3-5-12/h1-7,10,19H,8-9,11,16H2. The molecule has 0 saturated heterocycles. The van der Waals surface area contributed by atoms with Crippen molar-refractivity contribution in [3.05, 3.63) is 64.2 Å². The van der Waals surface area contributed by atoms with Gasteiger partial charge >= 0.3 is 0 Å². The Morgan fingerprint density at radius 3 is 2.48 bits per heavy atom. The normalized spacial score (nSPS) is 10.3. The molecule has 6 heteroatoms. The summed E-state index contributed by atoms with van der Waals surface area (Å²) >= 11 is 0. The molecule has 2 rings (SSSR count). The third-order valence-corrected chi connectivity index (χ3v) is 3.16. The van der Waals surface area contributed by atoms with Crippen molar-refractivity contribution in [2.75, 3.05) is 23.8 Å². The van der Waals surface area contributed by atoms with E-state index in [9.17, 15) is 15.2 Å². The number of nitro benzene ring substituents is 1. The highest BCUT2D eigenvalue weighted by Gasteiger charge is 2.14. The van der Waals surface area contributed by atoms with Crippen LogP contribution < -0.4 is 10.6 Å². The zero-order valence-corrected chi connectivity index (χ0v) is 11.5. The van der Waals surface area contributed by atoms with Gasteiger partial charge in [0.15, 0.2) is 0 Å². The van der Waals surface area contributed by atoms with E-state index >= 15 is 0 Å². The van der Waals surface area contributed by atoms with Gasteiger partial charge in [-0.25, -0.2) is 0 Å². The summed E-state index contributed by atoms with van der Waals surface area (Å²) in [5.41, 5.74) is 7.56. The summed E-state index contributed by atoms with van der Waals surface area (Å²) in [5, 5.41) is 20.0. The Kier molecular flexibility index (Phi) is 4.73. The zero-order valence-electron chi connectivity index (χ0n) is 11.5. The first-order chi connectivity index (χ1) is 10.1. The molecule has 0 aliphatic carbocycles. The molecule has 0 aliphatic rings. The molecule has 0 atom stereocenters. The van der Waals surface area contributed by atoms with Crippen molar-refractivity contribution in [1.29, 1.82) is 0 Å². The highest BCUT2D eigenvalue weighted by molar-refractivity contribution is 5.66. The molecular formula is C15H17N3O3. The van der Waals surface area contributed by atoms with E-state index in [1.807, 2.05) is 35.2 Å². The van der Waals surface area contributed by atoms with Gasteiger partial charge in [-0.2, -0.15) is 0 Å². The number of rotatable bonds is 6. The summed E-state index contributed by atoms with van der Waals surface area (Å²) < 4.78 is 0. The predicted molar refractivity (Wildman–Crippen MR) is 82.1 cm³/mol. The number of anilines is 2. The minimum absolute atomic E-state index is 0.0102. The van der Waals surface area contributed by atoms with Gasteiger partial charge in [-0.15, -0.1) is 0 Å². The topological polar surface area (TPSA) is 92.6 Å². The molecule has 110 valence electrons. The Morgan fingerprint density at radius 1 is 1.19 bits per heavy atom. The SMILES string of the molecule is Nc1cc(N(CCO)Cc2ccccc2)ccc1[N+](=O)[O-]. The Morgan fingerprint density at radius 2 is 1.90 bits per heavy atom. The molecule has 0 unspecified atom stereocenters. The average molecular weight is 287 g/mol. The van der Waals surface area contributed by atoms with Gasteiger partial charge in [-0.05, 0) is 17.7 Å². The maximum absolute atomic E-state index is 10.8. The van der Waals surface area contributed by atoms with Gasteiger partial charge in [0.05, 0.1) is 11.5 Å². The third kappa shape index (κ3) is 3.70. The molecule has 2 aromatic rings. The molecule has 0 saturated carbocycles. The second kappa shape index (κ2) is 6.71. The van der Waals surface area contributed by atoms with Gasteiger partial charge < -0.3 is 15.7 Å². The number of aliphatic hydroxyl groups excluding tert-OH is 1. The van der Waals surface area contributed by atoms with Gasteiger partial charge in [-0.1, -0.05) is 30.3 Å². The second-order valence-electron chi connectivity index (χ2n) is 4.63. The van der Waals surface area contributed by atoms with Crippen molar-refractivity contribution >= 4 is 17.1 Å². The van der Waals surface area contributed by atoms with Crippen LogP contribution in [0.4, 0.5) is 17.1 Å². The Labute approximate surface area is 122 Å². The summed E-state index contributed by atoms with van der Waals surface area (Å²) in [6, 6.07) is 14.4. The first-order valence-corrected chi connectivity index (χ1v) is 6.55. The fraction of sp³-hybridized carbons (Fsp3) is 0.200. The minimum atomic E-state index is -0.507. The summed E-state index contributed by atoms with van der Waals surface area (Å²) in [6.07, 6.45) is 0. The lowest BCUT2D eigenvalue weighted by Gasteiger charge is -2.24. The number of nitro groups is 1. The lowest BCUT2D eigenvalue weighted by atomic mass is 10.1. The van der Waals surface area contributed by atoms with Crippen LogP contribution >= 0.6 is 0 Å². The predicted octanol–water partition coefficient (Wildman–Crippen LogP) is 2.18. The first-order valence-electron chi connectivity index (χ1n) is 6.55. The van der Waals surface area contributed by atoms with Crippen molar-refractivity contribution in [2.45, 2.75) is 6.54 Å². The Hall–Kier alpha value is -2.60. The molecule has 0 radical (unpaired) electrons. The number of benzene rings is 2. The summed E-state index contributed by atoms with van der Waals surface area (Å²) in [4.78, 5) is 12.2. The van der Waals surface area contributed by atoms with Crippen LogP contribution in [0.3, 0.4) is 0 Å². The molecule has 2 aromatic carbocycles. The summed E-state index contributed by atoms with van der Waals surface area (Å²) in [5.74, 6) is 0.